The minimum absolute atomic E-state index is 0.145. The van der Waals surface area contributed by atoms with Crippen molar-refractivity contribution in [3.8, 4) is 0 Å². The van der Waals surface area contributed by atoms with Gasteiger partial charge in [0.25, 0.3) is 0 Å². The van der Waals surface area contributed by atoms with Crippen LogP contribution in [0.3, 0.4) is 0 Å². The fourth-order valence-corrected chi connectivity index (χ4v) is 1.74. The highest BCUT2D eigenvalue weighted by atomic mass is 16.7. The number of nitrogens with one attached hydrogen (secondary N) is 1. The first-order valence-corrected chi connectivity index (χ1v) is 5.57. The molecule has 1 atom stereocenters. The smallest absolute Gasteiger partial charge is 0.163 e. The summed E-state index contributed by atoms with van der Waals surface area (Å²) in [6, 6.07) is 3.99. The van der Waals surface area contributed by atoms with Gasteiger partial charge in [0.15, 0.2) is 5.79 Å². The van der Waals surface area contributed by atoms with Crippen LogP contribution in [0.1, 0.15) is 19.4 Å². The van der Waals surface area contributed by atoms with Gasteiger partial charge in [-0.2, -0.15) is 0 Å². The van der Waals surface area contributed by atoms with E-state index in [0.29, 0.717) is 6.61 Å². The molecule has 0 radical (unpaired) electrons. The van der Waals surface area contributed by atoms with Gasteiger partial charge in [0.2, 0.25) is 0 Å². The largest absolute Gasteiger partial charge is 0.348 e. The molecule has 2 heterocycles. The lowest BCUT2D eigenvalue weighted by molar-refractivity contribution is -0.137. The van der Waals surface area contributed by atoms with Gasteiger partial charge in [0, 0.05) is 25.5 Å². The number of rotatable bonds is 4. The molecule has 16 heavy (non-hydrogen) atoms. The number of hydrogen-bond acceptors (Lipinski definition) is 4. The molecular formula is C12H18N2O2. The summed E-state index contributed by atoms with van der Waals surface area (Å²) in [7, 11) is 0. The first-order chi connectivity index (χ1) is 7.66. The van der Waals surface area contributed by atoms with Crippen molar-refractivity contribution in [2.45, 2.75) is 32.3 Å². The van der Waals surface area contributed by atoms with Crippen molar-refractivity contribution in [3.05, 3.63) is 30.1 Å². The summed E-state index contributed by atoms with van der Waals surface area (Å²) in [6.45, 7) is 6.15. The Kier molecular flexibility index (Phi) is 3.53. The van der Waals surface area contributed by atoms with Crippen LogP contribution in [0.15, 0.2) is 24.5 Å². The monoisotopic (exact) mass is 222 g/mol. The zero-order valence-corrected chi connectivity index (χ0v) is 9.77. The van der Waals surface area contributed by atoms with Gasteiger partial charge >= 0.3 is 0 Å². The van der Waals surface area contributed by atoms with Crippen molar-refractivity contribution in [3.63, 3.8) is 0 Å². The van der Waals surface area contributed by atoms with E-state index in [1.165, 1.54) is 5.56 Å². The van der Waals surface area contributed by atoms with Gasteiger partial charge < -0.3 is 14.8 Å². The molecular weight excluding hydrogens is 204 g/mol. The van der Waals surface area contributed by atoms with Gasteiger partial charge in [-0.15, -0.1) is 0 Å². The molecule has 4 heteroatoms. The third-order valence-corrected chi connectivity index (χ3v) is 2.49. The summed E-state index contributed by atoms with van der Waals surface area (Å²) in [5, 5.41) is 3.34. The van der Waals surface area contributed by atoms with Crippen LogP contribution in [0, 0.1) is 0 Å². The van der Waals surface area contributed by atoms with Crippen molar-refractivity contribution >= 4 is 0 Å². The van der Waals surface area contributed by atoms with E-state index in [1.54, 1.807) is 6.20 Å². The van der Waals surface area contributed by atoms with Gasteiger partial charge in [0.05, 0.1) is 12.7 Å². The summed E-state index contributed by atoms with van der Waals surface area (Å²) in [6.07, 6.45) is 3.79. The molecule has 2 rings (SSSR count). The Morgan fingerprint density at radius 1 is 1.56 bits per heavy atom. The number of hydrogen-bond donors (Lipinski definition) is 1. The molecule has 4 nitrogen and oxygen atoms in total. The molecule has 0 amide bonds. The average molecular weight is 222 g/mol. The van der Waals surface area contributed by atoms with E-state index < -0.39 is 5.79 Å². The number of ether oxygens (including phenoxy) is 2. The van der Waals surface area contributed by atoms with E-state index in [4.69, 9.17) is 9.47 Å². The Morgan fingerprint density at radius 3 is 3.06 bits per heavy atom. The quantitative estimate of drug-likeness (QED) is 0.834. The van der Waals surface area contributed by atoms with Crippen molar-refractivity contribution in [2.24, 2.45) is 0 Å². The highest BCUT2D eigenvalue weighted by molar-refractivity contribution is 5.07. The highest BCUT2D eigenvalue weighted by Gasteiger charge is 2.32. The van der Waals surface area contributed by atoms with Crippen LogP contribution in [0.5, 0.6) is 0 Å². The lowest BCUT2D eigenvalue weighted by Crippen LogP contribution is -2.30. The molecule has 0 aliphatic carbocycles. The van der Waals surface area contributed by atoms with Crippen LogP contribution in [-0.4, -0.2) is 30.0 Å². The first kappa shape index (κ1) is 11.5. The second-order valence-corrected chi connectivity index (χ2v) is 4.44. The van der Waals surface area contributed by atoms with Crippen molar-refractivity contribution in [1.29, 1.82) is 0 Å². The minimum atomic E-state index is -0.430. The molecule has 0 spiro atoms. The highest BCUT2D eigenvalue weighted by Crippen LogP contribution is 2.21. The summed E-state index contributed by atoms with van der Waals surface area (Å²) in [5.74, 6) is -0.430. The van der Waals surface area contributed by atoms with Crippen LogP contribution in [-0.2, 0) is 16.0 Å². The van der Waals surface area contributed by atoms with E-state index in [-0.39, 0.29) is 6.10 Å². The number of aromatic nitrogens is 1. The molecule has 1 aliphatic rings. The molecule has 0 aromatic carbocycles. The lowest BCUT2D eigenvalue weighted by Gasteiger charge is -2.17. The molecule has 0 saturated carbocycles. The molecule has 1 aromatic heterocycles. The Bertz CT molecular complexity index is 327. The van der Waals surface area contributed by atoms with Gasteiger partial charge in [-0.05, 0) is 25.5 Å². The minimum Gasteiger partial charge on any atom is -0.348 e. The Balaban J connectivity index is 1.70. The predicted molar refractivity (Wildman–Crippen MR) is 60.8 cm³/mol. The lowest BCUT2D eigenvalue weighted by atomic mass is 10.3. The first-order valence-electron chi connectivity index (χ1n) is 5.57. The molecule has 1 aromatic rings. The SMILES string of the molecule is CC1(C)OC[C@H](CNCc2cccnc2)O1. The van der Waals surface area contributed by atoms with Crippen LogP contribution in [0.4, 0.5) is 0 Å². The maximum Gasteiger partial charge on any atom is 0.163 e. The average Bonchev–Trinajstić information content (AvgIpc) is 2.60. The normalized spacial score (nSPS) is 23.5. The Hall–Kier alpha value is -0.970. The Labute approximate surface area is 96.0 Å². The zero-order chi connectivity index (χ0) is 11.4. The number of nitrogens with zero attached hydrogens (tertiary/aromatic N) is 1. The second-order valence-electron chi connectivity index (χ2n) is 4.44. The summed E-state index contributed by atoms with van der Waals surface area (Å²) in [5.41, 5.74) is 1.18. The van der Waals surface area contributed by atoms with Crippen molar-refractivity contribution in [2.75, 3.05) is 13.2 Å². The van der Waals surface area contributed by atoms with Gasteiger partial charge in [-0.1, -0.05) is 6.07 Å². The molecule has 1 saturated heterocycles. The zero-order valence-electron chi connectivity index (χ0n) is 9.77. The van der Waals surface area contributed by atoms with E-state index in [9.17, 15) is 0 Å². The molecule has 1 fully saturated rings. The summed E-state index contributed by atoms with van der Waals surface area (Å²) in [4.78, 5) is 4.06. The molecule has 1 aliphatic heterocycles. The van der Waals surface area contributed by atoms with Crippen LogP contribution in [0.25, 0.3) is 0 Å². The van der Waals surface area contributed by atoms with Crippen LogP contribution >= 0.6 is 0 Å². The van der Waals surface area contributed by atoms with E-state index in [2.05, 4.69) is 16.4 Å². The topological polar surface area (TPSA) is 43.4 Å². The predicted octanol–water partition coefficient (Wildman–Crippen LogP) is 1.32. The third kappa shape index (κ3) is 3.27. The molecule has 0 unspecified atom stereocenters. The van der Waals surface area contributed by atoms with Crippen LogP contribution < -0.4 is 5.32 Å². The molecule has 0 bridgehead atoms. The fourth-order valence-electron chi connectivity index (χ4n) is 1.74. The second kappa shape index (κ2) is 4.91. The molecule has 1 N–H and O–H groups in total. The maximum atomic E-state index is 5.69. The van der Waals surface area contributed by atoms with E-state index in [1.807, 2.05) is 26.1 Å². The van der Waals surface area contributed by atoms with Gasteiger partial charge in [-0.25, -0.2) is 0 Å². The standard InChI is InChI=1S/C12H18N2O2/c1-12(2)15-9-11(16-12)8-14-7-10-4-3-5-13-6-10/h3-6,11,14H,7-9H2,1-2H3/t11-/m0/s1. The fraction of sp³-hybridized carbons (Fsp3) is 0.583. The molecule has 88 valence electrons. The van der Waals surface area contributed by atoms with Gasteiger partial charge in [-0.3, -0.25) is 4.98 Å². The summed E-state index contributed by atoms with van der Waals surface area (Å²) < 4.78 is 11.2. The van der Waals surface area contributed by atoms with Gasteiger partial charge in [0.1, 0.15) is 0 Å². The third-order valence-electron chi connectivity index (χ3n) is 2.49. The maximum absolute atomic E-state index is 5.69. The van der Waals surface area contributed by atoms with E-state index in [0.717, 1.165) is 13.1 Å². The van der Waals surface area contributed by atoms with Crippen molar-refractivity contribution in [1.82, 2.24) is 10.3 Å². The Morgan fingerprint density at radius 2 is 2.44 bits per heavy atom. The van der Waals surface area contributed by atoms with Crippen molar-refractivity contribution < 1.29 is 9.47 Å². The van der Waals surface area contributed by atoms with E-state index >= 15 is 0 Å². The summed E-state index contributed by atoms with van der Waals surface area (Å²) >= 11 is 0. The van der Waals surface area contributed by atoms with Crippen LogP contribution in [0.2, 0.25) is 0 Å². The number of pyridine rings is 1.